The van der Waals surface area contributed by atoms with Gasteiger partial charge in [-0.15, -0.1) is 0 Å². The molecule has 4 heteroatoms. The van der Waals surface area contributed by atoms with Gasteiger partial charge in [-0.25, -0.2) is 0 Å². The molecular formula is C14H22ClN3. The first-order valence-electron chi connectivity index (χ1n) is 6.61. The Labute approximate surface area is 115 Å². The fourth-order valence-electron chi connectivity index (χ4n) is 2.24. The van der Waals surface area contributed by atoms with Crippen molar-refractivity contribution in [3.63, 3.8) is 0 Å². The van der Waals surface area contributed by atoms with Crippen LogP contribution in [0, 0.1) is 0 Å². The maximum Gasteiger partial charge on any atom is 0.0451 e. The lowest BCUT2D eigenvalue weighted by Crippen LogP contribution is -2.45. The van der Waals surface area contributed by atoms with Crippen molar-refractivity contribution < 1.29 is 0 Å². The lowest BCUT2D eigenvalue weighted by atomic mass is 10.2. The van der Waals surface area contributed by atoms with Gasteiger partial charge in [0.1, 0.15) is 0 Å². The second-order valence-corrected chi connectivity index (χ2v) is 5.33. The zero-order valence-corrected chi connectivity index (χ0v) is 11.8. The fourth-order valence-corrected chi connectivity index (χ4v) is 2.44. The Balaban J connectivity index is 1.74. The molecule has 1 fully saturated rings. The van der Waals surface area contributed by atoms with Crippen molar-refractivity contribution in [2.24, 2.45) is 0 Å². The molecule has 0 aromatic heterocycles. The van der Waals surface area contributed by atoms with Crippen molar-refractivity contribution in [2.45, 2.75) is 6.54 Å². The molecule has 2 rings (SSSR count). The maximum absolute atomic E-state index is 6.17. The van der Waals surface area contributed by atoms with Crippen LogP contribution >= 0.6 is 11.6 Å². The van der Waals surface area contributed by atoms with Crippen LogP contribution in [0.25, 0.3) is 0 Å². The van der Waals surface area contributed by atoms with Crippen LogP contribution in [0.3, 0.4) is 0 Å². The van der Waals surface area contributed by atoms with Gasteiger partial charge >= 0.3 is 0 Å². The summed E-state index contributed by atoms with van der Waals surface area (Å²) in [4.78, 5) is 4.85. The molecule has 1 saturated heterocycles. The number of likely N-dealkylation sites (N-methyl/N-ethyl adjacent to an activating group) is 1. The van der Waals surface area contributed by atoms with Crippen LogP contribution in [0.4, 0.5) is 0 Å². The molecule has 0 bridgehead atoms. The first-order chi connectivity index (χ1) is 8.75. The largest absolute Gasteiger partial charge is 0.314 e. The lowest BCUT2D eigenvalue weighted by molar-refractivity contribution is 0.202. The van der Waals surface area contributed by atoms with Gasteiger partial charge in [-0.3, -0.25) is 4.90 Å². The molecule has 100 valence electrons. The highest BCUT2D eigenvalue weighted by Crippen LogP contribution is 2.16. The quantitative estimate of drug-likeness (QED) is 0.876. The van der Waals surface area contributed by atoms with Gasteiger partial charge in [0.15, 0.2) is 0 Å². The van der Waals surface area contributed by atoms with E-state index in [2.05, 4.69) is 28.2 Å². The number of rotatable bonds is 5. The summed E-state index contributed by atoms with van der Waals surface area (Å²) in [5.41, 5.74) is 1.21. The SMILES string of the molecule is CN(CCN1CCNCC1)Cc1ccccc1Cl. The maximum atomic E-state index is 6.17. The van der Waals surface area contributed by atoms with Gasteiger partial charge in [0, 0.05) is 50.8 Å². The Hall–Kier alpha value is -0.610. The van der Waals surface area contributed by atoms with E-state index in [9.17, 15) is 0 Å². The van der Waals surface area contributed by atoms with Crippen LogP contribution in [0.5, 0.6) is 0 Å². The van der Waals surface area contributed by atoms with Gasteiger partial charge in [0.25, 0.3) is 0 Å². The molecule has 1 aromatic carbocycles. The molecule has 0 aliphatic carbocycles. The van der Waals surface area contributed by atoms with Gasteiger partial charge < -0.3 is 10.2 Å². The summed E-state index contributed by atoms with van der Waals surface area (Å²) in [6.07, 6.45) is 0. The zero-order valence-electron chi connectivity index (χ0n) is 11.0. The van der Waals surface area contributed by atoms with Crippen molar-refractivity contribution >= 4 is 11.6 Å². The number of nitrogens with zero attached hydrogens (tertiary/aromatic N) is 2. The second kappa shape index (κ2) is 7.10. The van der Waals surface area contributed by atoms with Gasteiger partial charge in [0.05, 0.1) is 0 Å². The molecule has 18 heavy (non-hydrogen) atoms. The minimum Gasteiger partial charge on any atom is -0.314 e. The van der Waals surface area contributed by atoms with E-state index in [0.717, 1.165) is 37.7 Å². The van der Waals surface area contributed by atoms with E-state index in [1.54, 1.807) is 0 Å². The van der Waals surface area contributed by atoms with Gasteiger partial charge in [-0.05, 0) is 18.7 Å². The van der Waals surface area contributed by atoms with Crippen molar-refractivity contribution in [1.29, 1.82) is 0 Å². The summed E-state index contributed by atoms with van der Waals surface area (Å²) < 4.78 is 0. The van der Waals surface area contributed by atoms with E-state index >= 15 is 0 Å². The topological polar surface area (TPSA) is 18.5 Å². The average molecular weight is 268 g/mol. The highest BCUT2D eigenvalue weighted by atomic mass is 35.5. The minimum atomic E-state index is 0.867. The second-order valence-electron chi connectivity index (χ2n) is 4.92. The normalized spacial score (nSPS) is 17.3. The molecule has 1 aromatic rings. The molecule has 0 amide bonds. The van der Waals surface area contributed by atoms with Gasteiger partial charge in [-0.2, -0.15) is 0 Å². The fraction of sp³-hybridized carbons (Fsp3) is 0.571. The number of halogens is 1. The monoisotopic (exact) mass is 267 g/mol. The van der Waals surface area contributed by atoms with E-state index in [1.165, 1.54) is 18.7 Å². The van der Waals surface area contributed by atoms with Gasteiger partial charge in [0.2, 0.25) is 0 Å². The Morgan fingerprint density at radius 2 is 2.00 bits per heavy atom. The summed E-state index contributed by atoms with van der Waals surface area (Å²) in [6.45, 7) is 7.72. The smallest absolute Gasteiger partial charge is 0.0451 e. The minimum absolute atomic E-state index is 0.867. The molecule has 0 atom stereocenters. The van der Waals surface area contributed by atoms with E-state index in [4.69, 9.17) is 11.6 Å². The standard InChI is InChI=1S/C14H22ClN3/c1-17(10-11-18-8-6-16-7-9-18)12-13-4-2-3-5-14(13)15/h2-5,16H,6-12H2,1H3. The molecule has 0 unspecified atom stereocenters. The van der Waals surface area contributed by atoms with Crippen LogP contribution in [0.15, 0.2) is 24.3 Å². The van der Waals surface area contributed by atoms with E-state index < -0.39 is 0 Å². The predicted molar refractivity (Wildman–Crippen MR) is 77.1 cm³/mol. The van der Waals surface area contributed by atoms with Crippen LogP contribution in [0.1, 0.15) is 5.56 Å². The summed E-state index contributed by atoms with van der Waals surface area (Å²) in [5.74, 6) is 0. The molecule has 0 radical (unpaired) electrons. The highest BCUT2D eigenvalue weighted by Gasteiger charge is 2.10. The Bertz CT molecular complexity index is 364. The number of piperazine rings is 1. The van der Waals surface area contributed by atoms with Crippen molar-refractivity contribution in [1.82, 2.24) is 15.1 Å². The van der Waals surface area contributed by atoms with E-state index in [1.807, 2.05) is 18.2 Å². The first-order valence-corrected chi connectivity index (χ1v) is 6.98. The van der Waals surface area contributed by atoms with Crippen LogP contribution in [-0.4, -0.2) is 56.1 Å². The number of hydrogen-bond donors (Lipinski definition) is 1. The van der Waals surface area contributed by atoms with E-state index in [0.29, 0.717) is 0 Å². The molecule has 1 aliphatic heterocycles. The van der Waals surface area contributed by atoms with E-state index in [-0.39, 0.29) is 0 Å². The number of hydrogen-bond acceptors (Lipinski definition) is 3. The average Bonchev–Trinajstić information content (AvgIpc) is 2.40. The number of nitrogens with one attached hydrogen (secondary N) is 1. The van der Waals surface area contributed by atoms with Crippen molar-refractivity contribution in [2.75, 3.05) is 46.3 Å². The zero-order chi connectivity index (χ0) is 12.8. The molecular weight excluding hydrogens is 246 g/mol. The Kier molecular flexibility index (Phi) is 5.45. The third kappa shape index (κ3) is 4.25. The summed E-state index contributed by atoms with van der Waals surface area (Å²) in [6, 6.07) is 8.09. The van der Waals surface area contributed by atoms with Crippen LogP contribution in [-0.2, 0) is 6.54 Å². The molecule has 0 saturated carbocycles. The third-order valence-electron chi connectivity index (χ3n) is 3.41. The lowest BCUT2D eigenvalue weighted by Gasteiger charge is -2.29. The highest BCUT2D eigenvalue weighted by molar-refractivity contribution is 6.31. The number of benzene rings is 1. The Morgan fingerprint density at radius 3 is 2.72 bits per heavy atom. The Morgan fingerprint density at radius 1 is 1.28 bits per heavy atom. The molecule has 1 heterocycles. The van der Waals surface area contributed by atoms with Gasteiger partial charge in [-0.1, -0.05) is 29.8 Å². The van der Waals surface area contributed by atoms with Crippen molar-refractivity contribution in [3.05, 3.63) is 34.9 Å². The first kappa shape index (κ1) is 13.8. The summed E-state index contributed by atoms with van der Waals surface area (Å²) >= 11 is 6.17. The third-order valence-corrected chi connectivity index (χ3v) is 3.77. The summed E-state index contributed by atoms with van der Waals surface area (Å²) in [7, 11) is 2.16. The van der Waals surface area contributed by atoms with Crippen LogP contribution in [0.2, 0.25) is 5.02 Å². The molecule has 3 nitrogen and oxygen atoms in total. The molecule has 1 N–H and O–H groups in total. The van der Waals surface area contributed by atoms with Crippen molar-refractivity contribution in [3.8, 4) is 0 Å². The predicted octanol–water partition coefficient (Wildman–Crippen LogP) is 1.68. The summed E-state index contributed by atoms with van der Waals surface area (Å²) in [5, 5.41) is 4.24. The molecule has 0 spiro atoms. The molecule has 1 aliphatic rings. The van der Waals surface area contributed by atoms with Crippen LogP contribution < -0.4 is 5.32 Å².